The molecule has 0 saturated carbocycles. The summed E-state index contributed by atoms with van der Waals surface area (Å²) in [5, 5.41) is 0. The molecule has 0 atom stereocenters. The molecule has 2 aromatic rings. The molecule has 0 N–H and O–H groups in total. The van der Waals surface area contributed by atoms with Crippen LogP contribution in [0.2, 0.25) is 0 Å². The smallest absolute Gasteiger partial charge is 0.203 e. The summed E-state index contributed by atoms with van der Waals surface area (Å²) in [4.78, 5) is 12.5. The van der Waals surface area contributed by atoms with E-state index in [0.717, 1.165) is 5.56 Å². The predicted molar refractivity (Wildman–Crippen MR) is 100.0 cm³/mol. The average Bonchev–Trinajstić information content (AvgIpc) is 2.64. The molecule has 0 radical (unpaired) electrons. The Morgan fingerprint density at radius 3 is 1.92 bits per heavy atom. The molecule has 4 nitrogen and oxygen atoms in total. The summed E-state index contributed by atoms with van der Waals surface area (Å²) >= 11 is 0. The quantitative estimate of drug-likeness (QED) is 0.540. The van der Waals surface area contributed by atoms with Crippen LogP contribution in [0, 0.1) is 0 Å². The molecule has 0 aliphatic heterocycles. The van der Waals surface area contributed by atoms with Crippen molar-refractivity contribution in [2.75, 3.05) is 21.3 Å². The van der Waals surface area contributed by atoms with E-state index in [1.165, 1.54) is 26.9 Å². The molecule has 4 heteroatoms. The van der Waals surface area contributed by atoms with Gasteiger partial charge in [-0.25, -0.2) is 0 Å². The molecule has 0 bridgehead atoms. The summed E-state index contributed by atoms with van der Waals surface area (Å²) in [5.41, 5.74) is 2.72. The fourth-order valence-electron chi connectivity index (χ4n) is 2.48. The van der Waals surface area contributed by atoms with Crippen molar-refractivity contribution in [3.8, 4) is 17.2 Å². The summed E-state index contributed by atoms with van der Waals surface area (Å²) in [6.45, 7) is 4.30. The van der Waals surface area contributed by atoms with Crippen molar-refractivity contribution in [1.82, 2.24) is 0 Å². The van der Waals surface area contributed by atoms with Gasteiger partial charge in [0.1, 0.15) is 0 Å². The second kappa shape index (κ2) is 8.38. The second-order valence-electron chi connectivity index (χ2n) is 5.93. The monoisotopic (exact) mass is 340 g/mol. The van der Waals surface area contributed by atoms with Gasteiger partial charge in [-0.2, -0.15) is 0 Å². The maximum atomic E-state index is 12.5. The third kappa shape index (κ3) is 4.41. The van der Waals surface area contributed by atoms with Crippen LogP contribution in [0.4, 0.5) is 0 Å². The Bertz CT molecular complexity index is 733. The molecule has 0 fully saturated rings. The first-order chi connectivity index (χ1) is 12.0. The van der Waals surface area contributed by atoms with Crippen molar-refractivity contribution >= 4 is 11.9 Å². The number of ether oxygens (including phenoxy) is 3. The molecule has 0 amide bonds. The van der Waals surface area contributed by atoms with Crippen LogP contribution < -0.4 is 14.2 Å². The van der Waals surface area contributed by atoms with Crippen molar-refractivity contribution in [1.29, 1.82) is 0 Å². The number of allylic oxidation sites excluding steroid dienone is 1. The SMILES string of the molecule is COc1cc(C(=O)C=Cc2ccc(C(C)C)cc2)cc(OC)c1OC. The molecule has 25 heavy (non-hydrogen) atoms. The third-order valence-corrected chi connectivity index (χ3v) is 3.98. The zero-order chi connectivity index (χ0) is 18.4. The topological polar surface area (TPSA) is 44.8 Å². The summed E-state index contributed by atoms with van der Waals surface area (Å²) in [7, 11) is 4.58. The van der Waals surface area contributed by atoms with E-state index in [0.29, 0.717) is 28.7 Å². The van der Waals surface area contributed by atoms with E-state index in [1.807, 2.05) is 12.1 Å². The molecule has 2 aromatic carbocycles. The maximum absolute atomic E-state index is 12.5. The van der Waals surface area contributed by atoms with Gasteiger partial charge in [0.25, 0.3) is 0 Å². The predicted octanol–water partition coefficient (Wildman–Crippen LogP) is 4.73. The molecule has 0 aliphatic rings. The number of carbonyl (C=O) groups is 1. The zero-order valence-corrected chi connectivity index (χ0v) is 15.3. The minimum Gasteiger partial charge on any atom is -0.493 e. The van der Waals surface area contributed by atoms with E-state index in [2.05, 4.69) is 26.0 Å². The largest absolute Gasteiger partial charge is 0.493 e. The number of hydrogen-bond acceptors (Lipinski definition) is 4. The first-order valence-corrected chi connectivity index (χ1v) is 8.12. The van der Waals surface area contributed by atoms with E-state index in [4.69, 9.17) is 14.2 Å². The number of rotatable bonds is 7. The van der Waals surface area contributed by atoms with Gasteiger partial charge in [0.2, 0.25) is 5.75 Å². The summed E-state index contributed by atoms with van der Waals surface area (Å²) in [6.07, 6.45) is 3.35. The normalized spacial score (nSPS) is 11.0. The van der Waals surface area contributed by atoms with Gasteiger partial charge < -0.3 is 14.2 Å². The van der Waals surface area contributed by atoms with Crippen LogP contribution in [0.1, 0.15) is 41.3 Å². The summed E-state index contributed by atoms with van der Waals surface area (Å²) in [5.74, 6) is 1.74. The van der Waals surface area contributed by atoms with Gasteiger partial charge in [0, 0.05) is 5.56 Å². The number of ketones is 1. The van der Waals surface area contributed by atoms with Gasteiger partial charge >= 0.3 is 0 Å². The third-order valence-electron chi connectivity index (χ3n) is 3.98. The van der Waals surface area contributed by atoms with Crippen LogP contribution in [0.25, 0.3) is 6.08 Å². The van der Waals surface area contributed by atoms with Crippen molar-refractivity contribution in [2.24, 2.45) is 0 Å². The van der Waals surface area contributed by atoms with E-state index in [9.17, 15) is 4.79 Å². The van der Waals surface area contributed by atoms with Gasteiger partial charge in [-0.3, -0.25) is 4.79 Å². The van der Waals surface area contributed by atoms with Gasteiger partial charge in [0.15, 0.2) is 17.3 Å². The Kier molecular flexibility index (Phi) is 6.23. The highest BCUT2D eigenvalue weighted by Crippen LogP contribution is 2.38. The molecule has 0 aromatic heterocycles. The maximum Gasteiger partial charge on any atom is 0.203 e. The standard InChI is InChI=1S/C21H24O4/c1-14(2)16-9-6-15(7-10-16)8-11-18(22)17-12-19(23-3)21(25-5)20(13-17)24-4/h6-14H,1-5H3. The van der Waals surface area contributed by atoms with Gasteiger partial charge in [0.05, 0.1) is 21.3 Å². The molecular formula is C21H24O4. The number of carbonyl (C=O) groups excluding carboxylic acids is 1. The zero-order valence-electron chi connectivity index (χ0n) is 15.3. The minimum absolute atomic E-state index is 0.132. The van der Waals surface area contributed by atoms with E-state index in [-0.39, 0.29) is 5.78 Å². The lowest BCUT2D eigenvalue weighted by atomic mass is 10.0. The van der Waals surface area contributed by atoms with Gasteiger partial charge in [-0.05, 0) is 35.3 Å². The Balaban J connectivity index is 2.25. The molecule has 2 rings (SSSR count). The van der Waals surface area contributed by atoms with Crippen LogP contribution in [0.5, 0.6) is 17.2 Å². The number of benzene rings is 2. The number of hydrogen-bond donors (Lipinski definition) is 0. The second-order valence-corrected chi connectivity index (χ2v) is 5.93. The lowest BCUT2D eigenvalue weighted by Gasteiger charge is -2.13. The highest BCUT2D eigenvalue weighted by atomic mass is 16.5. The van der Waals surface area contributed by atoms with E-state index >= 15 is 0 Å². The lowest BCUT2D eigenvalue weighted by molar-refractivity contribution is 0.104. The Morgan fingerprint density at radius 1 is 0.920 bits per heavy atom. The van der Waals surface area contributed by atoms with Crippen LogP contribution in [-0.2, 0) is 0 Å². The number of methoxy groups -OCH3 is 3. The Hall–Kier alpha value is -2.75. The Labute approximate surface area is 149 Å². The molecule has 0 unspecified atom stereocenters. The average molecular weight is 340 g/mol. The van der Waals surface area contributed by atoms with Crippen molar-refractivity contribution < 1.29 is 19.0 Å². The fourth-order valence-corrected chi connectivity index (χ4v) is 2.48. The van der Waals surface area contributed by atoms with Crippen LogP contribution >= 0.6 is 0 Å². The van der Waals surface area contributed by atoms with E-state index < -0.39 is 0 Å². The van der Waals surface area contributed by atoms with Gasteiger partial charge in [-0.15, -0.1) is 0 Å². The lowest BCUT2D eigenvalue weighted by Crippen LogP contribution is -2.00. The van der Waals surface area contributed by atoms with Crippen molar-refractivity contribution in [3.63, 3.8) is 0 Å². The van der Waals surface area contributed by atoms with Gasteiger partial charge in [-0.1, -0.05) is 44.2 Å². The molecule has 0 saturated heterocycles. The molecule has 0 heterocycles. The highest BCUT2D eigenvalue weighted by Gasteiger charge is 2.15. The first kappa shape index (κ1) is 18.6. The Morgan fingerprint density at radius 2 is 1.48 bits per heavy atom. The summed E-state index contributed by atoms with van der Waals surface area (Å²) < 4.78 is 15.8. The molecule has 0 spiro atoms. The summed E-state index contributed by atoms with van der Waals surface area (Å²) in [6, 6.07) is 11.5. The molecule has 0 aliphatic carbocycles. The molecular weight excluding hydrogens is 316 g/mol. The fraction of sp³-hybridized carbons (Fsp3) is 0.286. The van der Waals surface area contributed by atoms with E-state index in [1.54, 1.807) is 24.3 Å². The first-order valence-electron chi connectivity index (χ1n) is 8.12. The minimum atomic E-state index is -0.132. The van der Waals surface area contributed by atoms with Crippen molar-refractivity contribution in [2.45, 2.75) is 19.8 Å². The van der Waals surface area contributed by atoms with Crippen LogP contribution in [0.15, 0.2) is 42.5 Å². The van der Waals surface area contributed by atoms with Crippen molar-refractivity contribution in [3.05, 3.63) is 59.2 Å². The van der Waals surface area contributed by atoms with Crippen LogP contribution in [-0.4, -0.2) is 27.1 Å². The molecule has 132 valence electrons. The van der Waals surface area contributed by atoms with Crippen LogP contribution in [0.3, 0.4) is 0 Å². The highest BCUT2D eigenvalue weighted by molar-refractivity contribution is 6.07.